The minimum atomic E-state index is 0.0343. The van der Waals surface area contributed by atoms with Crippen molar-refractivity contribution < 1.29 is 4.79 Å². The summed E-state index contributed by atoms with van der Waals surface area (Å²) in [6.45, 7) is 3.18. The van der Waals surface area contributed by atoms with E-state index in [4.69, 9.17) is 0 Å². The standard InChI is InChI=1S/C19H22N4O/c1-4-22(14-17-13-20-18-10-5-6-11-23(17)18)19(24)15-8-7-9-16(12-15)21(2)3/h5-13H,4,14H2,1-3H3. The van der Waals surface area contributed by atoms with Crippen molar-refractivity contribution in [3.8, 4) is 0 Å². The van der Waals surface area contributed by atoms with Gasteiger partial charge in [-0.3, -0.25) is 4.79 Å². The maximum Gasteiger partial charge on any atom is 0.254 e. The first-order chi connectivity index (χ1) is 11.6. The van der Waals surface area contributed by atoms with E-state index in [9.17, 15) is 4.79 Å². The number of pyridine rings is 1. The number of benzene rings is 1. The molecule has 0 radical (unpaired) electrons. The van der Waals surface area contributed by atoms with E-state index in [1.165, 1.54) is 0 Å². The van der Waals surface area contributed by atoms with Crippen molar-refractivity contribution in [1.29, 1.82) is 0 Å². The first-order valence-corrected chi connectivity index (χ1v) is 8.07. The summed E-state index contributed by atoms with van der Waals surface area (Å²) in [6.07, 6.45) is 3.81. The van der Waals surface area contributed by atoms with Crippen LogP contribution in [0.2, 0.25) is 0 Å². The average molecular weight is 322 g/mol. The summed E-state index contributed by atoms with van der Waals surface area (Å²) >= 11 is 0. The largest absolute Gasteiger partial charge is 0.378 e. The molecule has 3 rings (SSSR count). The summed E-state index contributed by atoms with van der Waals surface area (Å²) < 4.78 is 2.02. The molecule has 0 aliphatic heterocycles. The highest BCUT2D eigenvalue weighted by atomic mass is 16.2. The van der Waals surface area contributed by atoms with Crippen LogP contribution in [0.5, 0.6) is 0 Å². The fraction of sp³-hybridized carbons (Fsp3) is 0.263. The average Bonchev–Trinajstić information content (AvgIpc) is 3.02. The zero-order chi connectivity index (χ0) is 17.1. The third-order valence-electron chi connectivity index (χ3n) is 4.12. The van der Waals surface area contributed by atoms with E-state index in [1.54, 1.807) is 0 Å². The molecular weight excluding hydrogens is 300 g/mol. The van der Waals surface area contributed by atoms with Gasteiger partial charge in [0.1, 0.15) is 5.65 Å². The van der Waals surface area contributed by atoms with E-state index >= 15 is 0 Å². The van der Waals surface area contributed by atoms with Gasteiger partial charge >= 0.3 is 0 Å². The van der Waals surface area contributed by atoms with E-state index in [-0.39, 0.29) is 5.91 Å². The van der Waals surface area contributed by atoms with Crippen LogP contribution in [0, 0.1) is 0 Å². The fourth-order valence-electron chi connectivity index (χ4n) is 2.72. The van der Waals surface area contributed by atoms with E-state index in [1.807, 2.05) is 90.1 Å². The van der Waals surface area contributed by atoms with Crippen LogP contribution in [0.4, 0.5) is 5.69 Å². The van der Waals surface area contributed by atoms with E-state index in [2.05, 4.69) is 4.98 Å². The van der Waals surface area contributed by atoms with Crippen molar-refractivity contribution in [2.24, 2.45) is 0 Å². The van der Waals surface area contributed by atoms with Crippen LogP contribution in [0.15, 0.2) is 54.9 Å². The van der Waals surface area contributed by atoms with Gasteiger partial charge in [-0.2, -0.15) is 0 Å². The first kappa shape index (κ1) is 16.1. The molecule has 5 nitrogen and oxygen atoms in total. The predicted molar refractivity (Wildman–Crippen MR) is 96.4 cm³/mol. The molecule has 0 bridgehead atoms. The van der Waals surface area contributed by atoms with E-state index in [0.717, 1.165) is 17.0 Å². The molecule has 2 aromatic heterocycles. The van der Waals surface area contributed by atoms with Gasteiger partial charge in [-0.15, -0.1) is 0 Å². The first-order valence-electron chi connectivity index (χ1n) is 8.07. The van der Waals surface area contributed by atoms with Gasteiger partial charge in [-0.1, -0.05) is 12.1 Å². The Balaban J connectivity index is 1.86. The van der Waals surface area contributed by atoms with Crippen LogP contribution in [0.1, 0.15) is 23.0 Å². The number of rotatable bonds is 5. The zero-order valence-corrected chi connectivity index (χ0v) is 14.3. The molecule has 24 heavy (non-hydrogen) atoms. The topological polar surface area (TPSA) is 40.9 Å². The maximum absolute atomic E-state index is 12.9. The van der Waals surface area contributed by atoms with Crippen molar-refractivity contribution in [3.05, 3.63) is 66.1 Å². The Morgan fingerprint density at radius 3 is 2.75 bits per heavy atom. The Morgan fingerprint density at radius 1 is 1.17 bits per heavy atom. The molecule has 0 saturated carbocycles. The number of aromatic nitrogens is 2. The van der Waals surface area contributed by atoms with Crippen LogP contribution in [0.3, 0.4) is 0 Å². The van der Waals surface area contributed by atoms with Crippen molar-refractivity contribution >= 4 is 17.2 Å². The number of amides is 1. The lowest BCUT2D eigenvalue weighted by atomic mass is 10.1. The van der Waals surface area contributed by atoms with Crippen LogP contribution in [-0.4, -0.2) is 40.8 Å². The smallest absolute Gasteiger partial charge is 0.254 e. The zero-order valence-electron chi connectivity index (χ0n) is 14.3. The molecule has 0 spiro atoms. The van der Waals surface area contributed by atoms with Gasteiger partial charge in [-0.25, -0.2) is 4.98 Å². The van der Waals surface area contributed by atoms with Gasteiger partial charge in [-0.05, 0) is 37.3 Å². The molecule has 0 aliphatic carbocycles. The third-order valence-corrected chi connectivity index (χ3v) is 4.12. The Morgan fingerprint density at radius 2 is 2.00 bits per heavy atom. The van der Waals surface area contributed by atoms with Crippen molar-refractivity contribution in [2.75, 3.05) is 25.5 Å². The minimum Gasteiger partial charge on any atom is -0.378 e. The number of hydrogen-bond donors (Lipinski definition) is 0. The molecule has 0 saturated heterocycles. The number of carbonyl (C=O) groups excluding carboxylic acids is 1. The van der Waals surface area contributed by atoms with Gasteiger partial charge in [0.15, 0.2) is 0 Å². The van der Waals surface area contributed by atoms with Crippen LogP contribution in [-0.2, 0) is 6.54 Å². The number of anilines is 1. The SMILES string of the molecule is CCN(Cc1cnc2ccccn12)C(=O)c1cccc(N(C)C)c1. The number of hydrogen-bond acceptors (Lipinski definition) is 3. The van der Waals surface area contributed by atoms with Crippen molar-refractivity contribution in [1.82, 2.24) is 14.3 Å². The fourth-order valence-corrected chi connectivity index (χ4v) is 2.72. The highest BCUT2D eigenvalue weighted by Crippen LogP contribution is 2.17. The van der Waals surface area contributed by atoms with Crippen molar-refractivity contribution in [3.63, 3.8) is 0 Å². The summed E-state index contributed by atoms with van der Waals surface area (Å²) in [7, 11) is 3.94. The molecule has 0 N–H and O–H groups in total. The summed E-state index contributed by atoms with van der Waals surface area (Å²) in [5.41, 5.74) is 3.62. The normalized spacial score (nSPS) is 10.8. The minimum absolute atomic E-state index is 0.0343. The van der Waals surface area contributed by atoms with Gasteiger partial charge in [0.25, 0.3) is 5.91 Å². The molecule has 0 atom stereocenters. The van der Waals surface area contributed by atoms with Crippen molar-refractivity contribution in [2.45, 2.75) is 13.5 Å². The Kier molecular flexibility index (Phi) is 4.51. The quantitative estimate of drug-likeness (QED) is 0.725. The lowest BCUT2D eigenvalue weighted by molar-refractivity contribution is 0.0750. The summed E-state index contributed by atoms with van der Waals surface area (Å²) in [5.74, 6) is 0.0343. The molecular formula is C19H22N4O. The highest BCUT2D eigenvalue weighted by Gasteiger charge is 2.17. The molecule has 2 heterocycles. The van der Waals surface area contributed by atoms with Gasteiger partial charge in [0.2, 0.25) is 0 Å². The lowest BCUT2D eigenvalue weighted by Crippen LogP contribution is -2.31. The van der Waals surface area contributed by atoms with Gasteiger partial charge in [0.05, 0.1) is 18.4 Å². The van der Waals surface area contributed by atoms with E-state index < -0.39 is 0 Å². The van der Waals surface area contributed by atoms with Crippen LogP contribution >= 0.6 is 0 Å². The van der Waals surface area contributed by atoms with Crippen LogP contribution < -0.4 is 4.90 Å². The maximum atomic E-state index is 12.9. The monoisotopic (exact) mass is 322 g/mol. The summed E-state index contributed by atoms with van der Waals surface area (Å²) in [4.78, 5) is 21.1. The highest BCUT2D eigenvalue weighted by molar-refractivity contribution is 5.95. The Labute approximate surface area is 142 Å². The summed E-state index contributed by atoms with van der Waals surface area (Å²) in [5, 5.41) is 0. The predicted octanol–water partition coefficient (Wildman–Crippen LogP) is 3.06. The summed E-state index contributed by atoms with van der Waals surface area (Å²) in [6, 6.07) is 13.6. The third kappa shape index (κ3) is 3.11. The number of carbonyl (C=O) groups is 1. The lowest BCUT2D eigenvalue weighted by Gasteiger charge is -2.21. The van der Waals surface area contributed by atoms with Gasteiger partial charge < -0.3 is 14.2 Å². The molecule has 124 valence electrons. The molecule has 1 amide bonds. The molecule has 0 unspecified atom stereocenters. The number of fused-ring (bicyclic) bond motifs is 1. The molecule has 0 aliphatic rings. The van der Waals surface area contributed by atoms with Gasteiger partial charge in [0, 0.05) is 38.1 Å². The second-order valence-corrected chi connectivity index (χ2v) is 5.94. The van der Waals surface area contributed by atoms with E-state index in [0.29, 0.717) is 18.7 Å². The molecule has 1 aromatic carbocycles. The second-order valence-electron chi connectivity index (χ2n) is 5.94. The molecule has 0 fully saturated rings. The Bertz CT molecular complexity index is 853. The number of imidazole rings is 1. The second kappa shape index (κ2) is 6.74. The number of nitrogens with zero attached hydrogens (tertiary/aromatic N) is 4. The Hall–Kier alpha value is -2.82. The molecule has 3 aromatic rings. The van der Waals surface area contributed by atoms with Crippen LogP contribution in [0.25, 0.3) is 5.65 Å². The molecule has 5 heteroatoms.